The van der Waals surface area contributed by atoms with Crippen LogP contribution in [0.25, 0.3) is 0 Å². The van der Waals surface area contributed by atoms with Crippen molar-refractivity contribution in [1.29, 1.82) is 0 Å². The van der Waals surface area contributed by atoms with Crippen molar-refractivity contribution in [2.45, 2.75) is 13.0 Å². The predicted molar refractivity (Wildman–Crippen MR) is 76.0 cm³/mol. The molecule has 0 fully saturated rings. The highest BCUT2D eigenvalue weighted by Gasteiger charge is 2.28. The van der Waals surface area contributed by atoms with Crippen LogP contribution >= 0.6 is 7.60 Å². The highest BCUT2D eigenvalue weighted by atomic mass is 31.2. The third-order valence-electron chi connectivity index (χ3n) is 2.86. The van der Waals surface area contributed by atoms with Crippen molar-refractivity contribution in [3.05, 3.63) is 29.8 Å². The Bertz CT molecular complexity index is 480. The van der Waals surface area contributed by atoms with Gasteiger partial charge in [-0.2, -0.15) is 0 Å². The Labute approximate surface area is 119 Å². The van der Waals surface area contributed by atoms with E-state index in [1.54, 1.807) is 31.4 Å². The first-order valence-corrected chi connectivity index (χ1v) is 7.78. The topological polar surface area (TPSA) is 73.9 Å². The molecule has 0 heterocycles. The van der Waals surface area contributed by atoms with E-state index in [1.165, 1.54) is 21.1 Å². The van der Waals surface area contributed by atoms with E-state index in [0.29, 0.717) is 5.75 Å². The standard InChI is InChI=1S/C13H20NO5P/c1-10(15)14-13(9-20(16,18-3)19-4)11-5-7-12(17-2)8-6-11/h5-8,13H,9H2,1-4H3,(H,14,15)/t13-/m0/s1. The van der Waals surface area contributed by atoms with Gasteiger partial charge in [-0.3, -0.25) is 9.36 Å². The number of benzene rings is 1. The van der Waals surface area contributed by atoms with Gasteiger partial charge in [0.2, 0.25) is 5.91 Å². The number of carbonyl (C=O) groups excluding carboxylic acids is 1. The lowest BCUT2D eigenvalue weighted by Crippen LogP contribution is -2.29. The van der Waals surface area contributed by atoms with Crippen molar-refractivity contribution in [3.63, 3.8) is 0 Å². The first kappa shape index (κ1) is 16.7. The number of ether oxygens (including phenoxy) is 1. The summed E-state index contributed by atoms with van der Waals surface area (Å²) in [5.74, 6) is 0.488. The van der Waals surface area contributed by atoms with E-state index in [9.17, 15) is 9.36 Å². The van der Waals surface area contributed by atoms with Gasteiger partial charge in [0.25, 0.3) is 0 Å². The van der Waals surface area contributed by atoms with Gasteiger partial charge in [0.1, 0.15) is 5.75 Å². The first-order valence-electron chi connectivity index (χ1n) is 6.05. The quantitative estimate of drug-likeness (QED) is 0.783. The van der Waals surface area contributed by atoms with E-state index in [1.807, 2.05) is 0 Å². The number of methoxy groups -OCH3 is 1. The number of rotatable bonds is 7. The van der Waals surface area contributed by atoms with E-state index in [2.05, 4.69) is 5.32 Å². The molecule has 0 spiro atoms. The summed E-state index contributed by atoms with van der Waals surface area (Å²) in [6, 6.07) is 6.69. The molecule has 1 atom stereocenters. The molecule has 6 nitrogen and oxygen atoms in total. The van der Waals surface area contributed by atoms with Crippen LogP contribution in [0.4, 0.5) is 0 Å². The average Bonchev–Trinajstić information content (AvgIpc) is 2.46. The molecule has 1 rings (SSSR count). The third-order valence-corrected chi connectivity index (χ3v) is 4.78. The van der Waals surface area contributed by atoms with E-state index < -0.39 is 13.6 Å². The molecule has 1 amide bonds. The summed E-state index contributed by atoms with van der Waals surface area (Å²) in [6.07, 6.45) is 0.0614. The van der Waals surface area contributed by atoms with Crippen LogP contribution in [0.2, 0.25) is 0 Å². The van der Waals surface area contributed by atoms with Crippen LogP contribution in [-0.4, -0.2) is 33.4 Å². The van der Waals surface area contributed by atoms with Gasteiger partial charge in [0.05, 0.1) is 19.3 Å². The number of nitrogens with one attached hydrogen (secondary N) is 1. The Morgan fingerprint density at radius 2 is 1.75 bits per heavy atom. The smallest absolute Gasteiger partial charge is 0.332 e. The molecule has 20 heavy (non-hydrogen) atoms. The predicted octanol–water partition coefficient (Wildman–Crippen LogP) is 2.36. The van der Waals surface area contributed by atoms with Crippen LogP contribution in [0.3, 0.4) is 0 Å². The summed E-state index contributed by atoms with van der Waals surface area (Å²) in [4.78, 5) is 11.3. The molecule has 0 saturated heterocycles. The van der Waals surface area contributed by atoms with Crippen LogP contribution in [0.5, 0.6) is 5.75 Å². The van der Waals surface area contributed by atoms with Gasteiger partial charge in [0, 0.05) is 21.1 Å². The molecule has 0 aliphatic heterocycles. The second-order valence-corrected chi connectivity index (χ2v) is 6.50. The number of hydrogen-bond acceptors (Lipinski definition) is 5. The van der Waals surface area contributed by atoms with Crippen molar-refractivity contribution >= 4 is 13.5 Å². The molecule has 0 bridgehead atoms. The Morgan fingerprint density at radius 1 is 1.20 bits per heavy atom. The minimum Gasteiger partial charge on any atom is -0.497 e. The van der Waals surface area contributed by atoms with Crippen molar-refractivity contribution in [1.82, 2.24) is 5.32 Å². The second-order valence-electron chi connectivity index (χ2n) is 4.18. The lowest BCUT2D eigenvalue weighted by Gasteiger charge is -2.22. The highest BCUT2D eigenvalue weighted by Crippen LogP contribution is 2.49. The fourth-order valence-electron chi connectivity index (χ4n) is 1.76. The van der Waals surface area contributed by atoms with Crippen LogP contribution < -0.4 is 10.1 Å². The summed E-state index contributed by atoms with van der Waals surface area (Å²) in [5, 5.41) is 2.75. The minimum atomic E-state index is -3.22. The zero-order chi connectivity index (χ0) is 15.2. The van der Waals surface area contributed by atoms with E-state index >= 15 is 0 Å². The summed E-state index contributed by atoms with van der Waals surface area (Å²) >= 11 is 0. The zero-order valence-corrected chi connectivity index (χ0v) is 13.0. The zero-order valence-electron chi connectivity index (χ0n) is 12.1. The number of hydrogen-bond donors (Lipinski definition) is 1. The molecule has 0 radical (unpaired) electrons. The second kappa shape index (κ2) is 7.43. The van der Waals surface area contributed by atoms with Gasteiger partial charge in [-0.1, -0.05) is 12.1 Å². The molecular formula is C13H20NO5P. The molecule has 0 saturated carbocycles. The Morgan fingerprint density at radius 3 is 2.15 bits per heavy atom. The monoisotopic (exact) mass is 301 g/mol. The van der Waals surface area contributed by atoms with Gasteiger partial charge in [0.15, 0.2) is 0 Å². The van der Waals surface area contributed by atoms with Crippen molar-refractivity contribution in [3.8, 4) is 5.75 Å². The van der Waals surface area contributed by atoms with E-state index in [4.69, 9.17) is 13.8 Å². The molecule has 1 aromatic carbocycles. The molecule has 0 aromatic heterocycles. The summed E-state index contributed by atoms with van der Waals surface area (Å²) in [5.41, 5.74) is 0.801. The lowest BCUT2D eigenvalue weighted by molar-refractivity contribution is -0.119. The number of amides is 1. The Balaban J connectivity index is 2.98. The molecule has 112 valence electrons. The largest absolute Gasteiger partial charge is 0.497 e. The Hall–Kier alpha value is -1.36. The summed E-state index contributed by atoms with van der Waals surface area (Å²) in [7, 11) is 0.995. The third kappa shape index (κ3) is 4.63. The fraction of sp³-hybridized carbons (Fsp3) is 0.462. The molecular weight excluding hydrogens is 281 g/mol. The van der Waals surface area contributed by atoms with Crippen molar-refractivity contribution < 1.29 is 23.1 Å². The van der Waals surface area contributed by atoms with Crippen LogP contribution in [0.1, 0.15) is 18.5 Å². The van der Waals surface area contributed by atoms with Gasteiger partial charge < -0.3 is 19.1 Å². The summed E-state index contributed by atoms with van der Waals surface area (Å²) in [6.45, 7) is 1.40. The average molecular weight is 301 g/mol. The normalized spacial score (nSPS) is 12.8. The molecule has 0 aliphatic carbocycles. The molecule has 0 aliphatic rings. The van der Waals surface area contributed by atoms with Gasteiger partial charge in [-0.15, -0.1) is 0 Å². The molecule has 7 heteroatoms. The van der Waals surface area contributed by atoms with E-state index in [0.717, 1.165) is 5.56 Å². The van der Waals surface area contributed by atoms with Crippen LogP contribution in [0.15, 0.2) is 24.3 Å². The molecule has 1 N–H and O–H groups in total. The SMILES string of the molecule is COc1ccc([C@H](CP(=O)(OC)OC)NC(C)=O)cc1. The van der Waals surface area contributed by atoms with Gasteiger partial charge in [-0.05, 0) is 17.7 Å². The maximum absolute atomic E-state index is 12.2. The lowest BCUT2D eigenvalue weighted by atomic mass is 10.1. The highest BCUT2D eigenvalue weighted by molar-refractivity contribution is 7.53. The fourth-order valence-corrected chi connectivity index (χ4v) is 2.96. The molecule has 0 unspecified atom stereocenters. The van der Waals surface area contributed by atoms with Gasteiger partial charge in [-0.25, -0.2) is 0 Å². The van der Waals surface area contributed by atoms with Crippen molar-refractivity contribution in [2.75, 3.05) is 27.5 Å². The summed E-state index contributed by atoms with van der Waals surface area (Å²) < 4.78 is 27.1. The van der Waals surface area contributed by atoms with Crippen LogP contribution in [0, 0.1) is 0 Å². The number of carbonyl (C=O) groups is 1. The maximum atomic E-state index is 12.2. The maximum Gasteiger partial charge on any atom is 0.332 e. The van der Waals surface area contributed by atoms with Crippen molar-refractivity contribution in [2.24, 2.45) is 0 Å². The van der Waals surface area contributed by atoms with E-state index in [-0.39, 0.29) is 12.1 Å². The van der Waals surface area contributed by atoms with Gasteiger partial charge >= 0.3 is 7.60 Å². The Kier molecular flexibility index (Phi) is 6.20. The first-order chi connectivity index (χ1) is 9.44. The van der Waals surface area contributed by atoms with Crippen LogP contribution in [-0.2, 0) is 18.4 Å². The molecule has 1 aromatic rings. The minimum absolute atomic E-state index is 0.0614.